The first-order valence-corrected chi connectivity index (χ1v) is 8.71. The quantitative estimate of drug-likeness (QED) is 0.747. The smallest absolute Gasteiger partial charge is 0.236 e. The van der Waals surface area contributed by atoms with Crippen molar-refractivity contribution in [3.05, 3.63) is 54.0 Å². The van der Waals surface area contributed by atoms with Crippen molar-refractivity contribution in [2.24, 2.45) is 5.14 Å². The highest BCUT2D eigenvalue weighted by atomic mass is 32.2. The minimum absolute atomic E-state index is 0.0306. The van der Waals surface area contributed by atoms with E-state index >= 15 is 0 Å². The highest BCUT2D eigenvalue weighted by Gasteiger charge is 2.37. The number of sulfonamides is 1. The molecule has 0 amide bonds. The van der Waals surface area contributed by atoms with Gasteiger partial charge in [0.25, 0.3) is 5.82 Å². The SMILES string of the molecule is Cc1cccc(-c2nc(C(F)(F)F)nn2-c2ccc(S(N)(=O)=O)cn2)c1. The summed E-state index contributed by atoms with van der Waals surface area (Å²) in [4.78, 5) is 7.17. The van der Waals surface area contributed by atoms with Crippen molar-refractivity contribution >= 4 is 10.0 Å². The molecule has 1 aromatic carbocycles. The number of aryl methyl sites for hydroxylation is 1. The third-order valence-corrected chi connectivity index (χ3v) is 4.30. The largest absolute Gasteiger partial charge is 0.453 e. The Labute approximate surface area is 146 Å². The summed E-state index contributed by atoms with van der Waals surface area (Å²) < 4.78 is 62.7. The van der Waals surface area contributed by atoms with Gasteiger partial charge in [0.2, 0.25) is 10.0 Å². The molecule has 0 saturated heterocycles. The Kier molecular flexibility index (Phi) is 4.28. The molecule has 26 heavy (non-hydrogen) atoms. The van der Waals surface area contributed by atoms with E-state index in [0.29, 0.717) is 5.56 Å². The lowest BCUT2D eigenvalue weighted by molar-refractivity contribution is -0.144. The molecule has 0 aliphatic heterocycles. The molecule has 0 atom stereocenters. The number of primary sulfonamides is 1. The lowest BCUT2D eigenvalue weighted by Gasteiger charge is -2.06. The zero-order valence-corrected chi connectivity index (χ0v) is 14.1. The highest BCUT2D eigenvalue weighted by molar-refractivity contribution is 7.89. The van der Waals surface area contributed by atoms with Crippen LogP contribution in [0.1, 0.15) is 11.4 Å². The van der Waals surface area contributed by atoms with Crippen LogP contribution in [0.25, 0.3) is 17.2 Å². The van der Waals surface area contributed by atoms with Gasteiger partial charge in [-0.15, -0.1) is 5.10 Å². The van der Waals surface area contributed by atoms with Crippen LogP contribution in [-0.2, 0) is 16.2 Å². The van der Waals surface area contributed by atoms with Gasteiger partial charge in [-0.3, -0.25) is 0 Å². The zero-order chi connectivity index (χ0) is 19.1. The summed E-state index contributed by atoms with van der Waals surface area (Å²) >= 11 is 0. The van der Waals surface area contributed by atoms with E-state index in [0.717, 1.165) is 22.5 Å². The van der Waals surface area contributed by atoms with Crippen molar-refractivity contribution in [2.75, 3.05) is 0 Å². The molecular formula is C15H12F3N5O2S. The molecule has 0 fully saturated rings. The summed E-state index contributed by atoms with van der Waals surface area (Å²) in [5.41, 5.74) is 1.23. The fourth-order valence-electron chi connectivity index (χ4n) is 2.23. The van der Waals surface area contributed by atoms with Gasteiger partial charge in [0, 0.05) is 11.8 Å². The first-order chi connectivity index (χ1) is 12.1. The minimum Gasteiger partial charge on any atom is -0.236 e. The van der Waals surface area contributed by atoms with Gasteiger partial charge >= 0.3 is 6.18 Å². The van der Waals surface area contributed by atoms with Crippen molar-refractivity contribution < 1.29 is 21.6 Å². The lowest BCUT2D eigenvalue weighted by Crippen LogP contribution is -2.13. The predicted octanol–water partition coefficient (Wildman–Crippen LogP) is 2.30. The number of nitrogens with zero attached hydrogens (tertiary/aromatic N) is 4. The Morgan fingerprint density at radius 3 is 2.42 bits per heavy atom. The van der Waals surface area contributed by atoms with E-state index in [1.807, 2.05) is 0 Å². The number of rotatable bonds is 3. The average molecular weight is 383 g/mol. The number of alkyl halides is 3. The van der Waals surface area contributed by atoms with E-state index in [-0.39, 0.29) is 16.5 Å². The molecule has 0 saturated carbocycles. The molecule has 0 aliphatic carbocycles. The van der Waals surface area contributed by atoms with Gasteiger partial charge in [0.05, 0.1) is 0 Å². The number of benzene rings is 1. The van der Waals surface area contributed by atoms with Crippen molar-refractivity contribution in [1.29, 1.82) is 0 Å². The highest BCUT2D eigenvalue weighted by Crippen LogP contribution is 2.30. The molecule has 2 N–H and O–H groups in total. The summed E-state index contributed by atoms with van der Waals surface area (Å²) in [5, 5.41) is 8.48. The van der Waals surface area contributed by atoms with E-state index in [2.05, 4.69) is 15.1 Å². The molecule has 0 aliphatic rings. The van der Waals surface area contributed by atoms with Crippen LogP contribution >= 0.6 is 0 Å². The van der Waals surface area contributed by atoms with Crippen LogP contribution in [0.5, 0.6) is 0 Å². The summed E-state index contributed by atoms with van der Waals surface area (Å²) in [7, 11) is -3.98. The minimum atomic E-state index is -4.75. The van der Waals surface area contributed by atoms with Crippen molar-refractivity contribution in [3.8, 4) is 17.2 Å². The van der Waals surface area contributed by atoms with Crippen molar-refractivity contribution in [2.45, 2.75) is 18.0 Å². The second-order valence-electron chi connectivity index (χ2n) is 5.44. The fourth-order valence-corrected chi connectivity index (χ4v) is 2.69. The van der Waals surface area contributed by atoms with Gasteiger partial charge in [-0.05, 0) is 25.1 Å². The Hall–Kier alpha value is -2.79. The molecule has 3 rings (SSSR count). The molecule has 3 aromatic rings. The second-order valence-corrected chi connectivity index (χ2v) is 7.00. The Morgan fingerprint density at radius 2 is 1.88 bits per heavy atom. The van der Waals surface area contributed by atoms with E-state index in [1.165, 1.54) is 6.07 Å². The summed E-state index contributed by atoms with van der Waals surface area (Å²) in [6, 6.07) is 9.04. The number of pyridine rings is 1. The molecular weight excluding hydrogens is 371 g/mol. The molecule has 11 heteroatoms. The first-order valence-electron chi connectivity index (χ1n) is 7.16. The molecule has 2 heterocycles. The van der Waals surface area contributed by atoms with Crippen LogP contribution in [0.15, 0.2) is 47.5 Å². The van der Waals surface area contributed by atoms with Gasteiger partial charge in [-0.2, -0.15) is 17.9 Å². The van der Waals surface area contributed by atoms with E-state index < -0.39 is 22.0 Å². The van der Waals surface area contributed by atoms with Crippen molar-refractivity contribution in [1.82, 2.24) is 19.7 Å². The molecule has 136 valence electrons. The molecule has 2 aromatic heterocycles. The summed E-state index contributed by atoms with van der Waals surface area (Å²) in [6.45, 7) is 1.79. The molecule has 0 unspecified atom stereocenters. The summed E-state index contributed by atoms with van der Waals surface area (Å²) in [6.07, 6.45) is -3.80. The Balaban J connectivity index is 2.18. The number of nitrogens with two attached hydrogens (primary N) is 1. The van der Waals surface area contributed by atoms with Gasteiger partial charge in [0.15, 0.2) is 11.6 Å². The third kappa shape index (κ3) is 3.58. The van der Waals surface area contributed by atoms with Crippen LogP contribution in [0, 0.1) is 6.92 Å². The Morgan fingerprint density at radius 1 is 1.15 bits per heavy atom. The standard InChI is InChI=1S/C15H12F3N5O2S/c1-9-3-2-4-10(7-9)13-21-14(15(16,17)18)22-23(13)12-6-5-11(8-20-12)26(19,24)25/h2-8H,1H3,(H2,19,24,25). The van der Waals surface area contributed by atoms with Crippen LogP contribution in [0.2, 0.25) is 0 Å². The van der Waals surface area contributed by atoms with Crippen LogP contribution in [0.4, 0.5) is 13.2 Å². The maximum Gasteiger partial charge on any atom is 0.453 e. The molecule has 0 spiro atoms. The summed E-state index contributed by atoms with van der Waals surface area (Å²) in [5.74, 6) is -1.43. The lowest BCUT2D eigenvalue weighted by atomic mass is 10.1. The first kappa shape index (κ1) is 18.0. The van der Waals surface area contributed by atoms with Crippen molar-refractivity contribution in [3.63, 3.8) is 0 Å². The van der Waals surface area contributed by atoms with E-state index in [4.69, 9.17) is 5.14 Å². The fraction of sp³-hybridized carbons (Fsp3) is 0.133. The second kappa shape index (κ2) is 6.18. The number of halogens is 3. The maximum atomic E-state index is 13.1. The van der Waals surface area contributed by atoms with Crippen LogP contribution < -0.4 is 5.14 Å². The van der Waals surface area contributed by atoms with Gasteiger partial charge in [-0.25, -0.2) is 23.5 Å². The molecule has 0 bridgehead atoms. The van der Waals surface area contributed by atoms with Crippen LogP contribution in [0.3, 0.4) is 0 Å². The predicted molar refractivity (Wildman–Crippen MR) is 85.7 cm³/mol. The van der Waals surface area contributed by atoms with Gasteiger partial charge in [0.1, 0.15) is 4.90 Å². The number of hydrogen-bond acceptors (Lipinski definition) is 5. The normalized spacial score (nSPS) is 12.3. The topological polar surface area (TPSA) is 104 Å². The van der Waals surface area contributed by atoms with E-state index in [9.17, 15) is 21.6 Å². The third-order valence-electron chi connectivity index (χ3n) is 3.40. The van der Waals surface area contributed by atoms with Gasteiger partial charge < -0.3 is 0 Å². The number of aromatic nitrogens is 4. The average Bonchev–Trinajstić information content (AvgIpc) is 3.00. The number of hydrogen-bond donors (Lipinski definition) is 1. The Bertz CT molecular complexity index is 1060. The zero-order valence-electron chi connectivity index (χ0n) is 13.3. The monoisotopic (exact) mass is 383 g/mol. The van der Waals surface area contributed by atoms with Crippen LogP contribution in [-0.4, -0.2) is 28.2 Å². The maximum absolute atomic E-state index is 13.1. The van der Waals surface area contributed by atoms with E-state index in [1.54, 1.807) is 31.2 Å². The van der Waals surface area contributed by atoms with Gasteiger partial charge in [-0.1, -0.05) is 23.8 Å². The molecule has 0 radical (unpaired) electrons. The molecule has 7 nitrogen and oxygen atoms in total.